The first-order chi connectivity index (χ1) is 16.2. The minimum atomic E-state index is -0.784. The first kappa shape index (κ1) is 23.8. The molecule has 2 aromatic carbocycles. The molecule has 0 bridgehead atoms. The Hall–Kier alpha value is -3.30. The molecule has 2 heterocycles. The zero-order valence-electron chi connectivity index (χ0n) is 19.6. The van der Waals surface area contributed by atoms with Gasteiger partial charge in [0.2, 0.25) is 5.43 Å². The molecule has 3 aromatic rings. The molecule has 1 aliphatic rings. The predicted octanol–water partition coefficient (Wildman–Crippen LogP) is 2.74. The largest absolute Gasteiger partial charge is 0.461 e. The summed E-state index contributed by atoms with van der Waals surface area (Å²) in [5.41, 5.74) is 0.535. The van der Waals surface area contributed by atoms with E-state index in [1.807, 2.05) is 30.9 Å². The van der Waals surface area contributed by atoms with Gasteiger partial charge in [-0.15, -0.1) is 0 Å². The number of carbonyl (C=O) groups excluding carboxylic acids is 1. The second-order valence-corrected chi connectivity index (χ2v) is 8.77. The van der Waals surface area contributed by atoms with Gasteiger partial charge in [-0.3, -0.25) is 4.79 Å². The molecule has 1 saturated heterocycles. The average Bonchev–Trinajstić information content (AvgIpc) is 2.80. The van der Waals surface area contributed by atoms with Crippen LogP contribution in [0.15, 0.2) is 47.4 Å². The van der Waals surface area contributed by atoms with Crippen molar-refractivity contribution in [3.63, 3.8) is 0 Å². The number of esters is 1. The van der Waals surface area contributed by atoms with Crippen LogP contribution in [0.1, 0.15) is 10.4 Å². The second kappa shape index (κ2) is 9.90. The number of rotatable bonds is 6. The number of likely N-dealkylation sites (N-methyl/N-ethyl adjacent to an activating group) is 2. The number of halogens is 2. The number of aromatic nitrogens is 1. The molecule has 180 valence electrons. The first-order valence-electron chi connectivity index (χ1n) is 11.1. The lowest BCUT2D eigenvalue weighted by atomic mass is 10.1. The molecule has 0 saturated carbocycles. The third kappa shape index (κ3) is 4.95. The van der Waals surface area contributed by atoms with Crippen molar-refractivity contribution >= 4 is 22.6 Å². The first-order valence-corrected chi connectivity index (χ1v) is 11.1. The topological polar surface area (TPSA) is 58.0 Å². The Balaban J connectivity index is 1.85. The van der Waals surface area contributed by atoms with E-state index in [1.54, 1.807) is 22.8 Å². The smallest absolute Gasteiger partial charge is 0.343 e. The Labute approximate surface area is 196 Å². The molecule has 1 aromatic heterocycles. The summed E-state index contributed by atoms with van der Waals surface area (Å²) >= 11 is 0. The maximum atomic E-state index is 15.2. The lowest BCUT2D eigenvalue weighted by Crippen LogP contribution is -2.44. The SMILES string of the molecule is CN(C)CCOC(=O)c1cn(-c2ccc(F)cc2)c2cc(N3CCN(C)CC3)c(F)cc2c1=O. The number of anilines is 1. The van der Waals surface area contributed by atoms with Crippen LogP contribution in [0.3, 0.4) is 0 Å². The number of hydrogen-bond donors (Lipinski definition) is 0. The van der Waals surface area contributed by atoms with Crippen molar-refractivity contribution in [1.29, 1.82) is 0 Å². The molecule has 1 aliphatic heterocycles. The van der Waals surface area contributed by atoms with Gasteiger partial charge in [-0.05, 0) is 57.5 Å². The quantitative estimate of drug-likeness (QED) is 0.517. The molecule has 0 unspecified atom stereocenters. The molecule has 1 fully saturated rings. The Morgan fingerprint density at radius 1 is 1.06 bits per heavy atom. The molecule has 0 radical (unpaired) electrons. The van der Waals surface area contributed by atoms with Crippen LogP contribution in [-0.2, 0) is 4.74 Å². The van der Waals surface area contributed by atoms with Crippen LogP contribution < -0.4 is 10.3 Å². The predicted molar refractivity (Wildman–Crippen MR) is 128 cm³/mol. The minimum Gasteiger partial charge on any atom is -0.461 e. The van der Waals surface area contributed by atoms with E-state index >= 15 is 4.39 Å². The molecular formula is C25H28F2N4O3. The van der Waals surface area contributed by atoms with Gasteiger partial charge in [0.05, 0.1) is 11.2 Å². The molecule has 0 amide bonds. The van der Waals surface area contributed by atoms with Crippen molar-refractivity contribution < 1.29 is 18.3 Å². The molecule has 0 aliphatic carbocycles. The zero-order valence-corrected chi connectivity index (χ0v) is 19.6. The molecule has 9 heteroatoms. The Morgan fingerprint density at radius 3 is 2.38 bits per heavy atom. The third-order valence-corrected chi connectivity index (χ3v) is 6.01. The highest BCUT2D eigenvalue weighted by molar-refractivity contribution is 5.95. The van der Waals surface area contributed by atoms with Gasteiger partial charge >= 0.3 is 5.97 Å². The number of ether oxygens (including phenoxy) is 1. The number of nitrogens with zero attached hydrogens (tertiary/aromatic N) is 4. The van der Waals surface area contributed by atoms with Crippen molar-refractivity contribution in [3.8, 4) is 5.69 Å². The highest BCUT2D eigenvalue weighted by Crippen LogP contribution is 2.28. The second-order valence-electron chi connectivity index (χ2n) is 8.77. The fraction of sp³-hybridized carbons (Fsp3) is 0.360. The summed E-state index contributed by atoms with van der Waals surface area (Å²) in [6.45, 7) is 3.48. The molecule has 0 N–H and O–H groups in total. The van der Waals surface area contributed by atoms with E-state index in [9.17, 15) is 14.0 Å². The fourth-order valence-electron chi connectivity index (χ4n) is 3.98. The third-order valence-electron chi connectivity index (χ3n) is 6.01. The van der Waals surface area contributed by atoms with Gasteiger partial charge in [0, 0.05) is 50.0 Å². The van der Waals surface area contributed by atoms with Crippen LogP contribution in [0.2, 0.25) is 0 Å². The fourth-order valence-corrected chi connectivity index (χ4v) is 3.98. The average molecular weight is 471 g/mol. The summed E-state index contributed by atoms with van der Waals surface area (Å²) < 4.78 is 35.7. The van der Waals surface area contributed by atoms with Gasteiger partial charge in [0.25, 0.3) is 0 Å². The Bertz CT molecular complexity index is 1250. The maximum Gasteiger partial charge on any atom is 0.343 e. The summed E-state index contributed by atoms with van der Waals surface area (Å²) in [5, 5.41) is 0.0572. The monoisotopic (exact) mass is 470 g/mol. The van der Waals surface area contributed by atoms with Crippen LogP contribution in [0.5, 0.6) is 0 Å². The van der Waals surface area contributed by atoms with Crippen molar-refractivity contribution in [2.24, 2.45) is 0 Å². The summed E-state index contributed by atoms with van der Waals surface area (Å²) in [4.78, 5) is 31.9. The van der Waals surface area contributed by atoms with Crippen LogP contribution in [0, 0.1) is 11.6 Å². The van der Waals surface area contributed by atoms with E-state index in [1.165, 1.54) is 24.4 Å². The normalized spacial score (nSPS) is 14.7. The number of carbonyl (C=O) groups is 1. The summed E-state index contributed by atoms with van der Waals surface area (Å²) in [5.74, 6) is -1.73. The summed E-state index contributed by atoms with van der Waals surface area (Å²) in [7, 11) is 5.69. The van der Waals surface area contributed by atoms with Crippen LogP contribution in [-0.4, -0.2) is 80.8 Å². The van der Waals surface area contributed by atoms with Gasteiger partial charge in [0.1, 0.15) is 23.8 Å². The molecule has 7 nitrogen and oxygen atoms in total. The Morgan fingerprint density at radius 2 is 1.74 bits per heavy atom. The number of hydrogen-bond acceptors (Lipinski definition) is 6. The molecule has 0 atom stereocenters. The number of pyridine rings is 1. The van der Waals surface area contributed by atoms with E-state index < -0.39 is 23.0 Å². The summed E-state index contributed by atoms with van der Waals surface area (Å²) in [6, 6.07) is 8.47. The standard InChI is InChI=1S/C25H28F2N4O3/c1-28(2)12-13-34-25(33)20-16-31(18-6-4-17(26)5-7-18)22-15-23(21(27)14-19(22)24(20)32)30-10-8-29(3)9-11-30/h4-7,14-16H,8-13H2,1-3H3. The van der Waals surface area contributed by atoms with Gasteiger partial charge in [-0.1, -0.05) is 0 Å². The van der Waals surface area contributed by atoms with Gasteiger partial charge < -0.3 is 24.0 Å². The summed E-state index contributed by atoms with van der Waals surface area (Å²) in [6.07, 6.45) is 1.39. The van der Waals surface area contributed by atoms with Crippen LogP contribution >= 0.6 is 0 Å². The highest BCUT2D eigenvalue weighted by atomic mass is 19.1. The zero-order chi connectivity index (χ0) is 24.4. The van der Waals surface area contributed by atoms with Crippen molar-refractivity contribution in [3.05, 3.63) is 70.0 Å². The molecule has 34 heavy (non-hydrogen) atoms. The Kier molecular flexibility index (Phi) is 6.95. The maximum absolute atomic E-state index is 15.2. The number of piperazine rings is 1. The van der Waals surface area contributed by atoms with E-state index in [-0.39, 0.29) is 17.6 Å². The van der Waals surface area contributed by atoms with Crippen molar-refractivity contribution in [2.45, 2.75) is 0 Å². The van der Waals surface area contributed by atoms with E-state index in [2.05, 4.69) is 4.90 Å². The molecule has 0 spiro atoms. The van der Waals surface area contributed by atoms with Gasteiger partial charge in [0.15, 0.2) is 0 Å². The lowest BCUT2D eigenvalue weighted by Gasteiger charge is -2.34. The highest BCUT2D eigenvalue weighted by Gasteiger charge is 2.23. The molecular weight excluding hydrogens is 442 g/mol. The van der Waals surface area contributed by atoms with Crippen LogP contribution in [0.25, 0.3) is 16.6 Å². The van der Waals surface area contributed by atoms with E-state index in [0.29, 0.717) is 36.5 Å². The molecule has 4 rings (SSSR count). The van der Waals surface area contributed by atoms with E-state index in [4.69, 9.17) is 4.74 Å². The lowest BCUT2D eigenvalue weighted by molar-refractivity contribution is 0.0480. The van der Waals surface area contributed by atoms with Crippen molar-refractivity contribution in [1.82, 2.24) is 14.4 Å². The van der Waals surface area contributed by atoms with E-state index in [0.717, 1.165) is 13.1 Å². The van der Waals surface area contributed by atoms with Gasteiger partial charge in [-0.25, -0.2) is 13.6 Å². The van der Waals surface area contributed by atoms with Crippen LogP contribution in [0.4, 0.5) is 14.5 Å². The van der Waals surface area contributed by atoms with Crippen molar-refractivity contribution in [2.75, 3.05) is 65.4 Å². The number of fused-ring (bicyclic) bond motifs is 1. The van der Waals surface area contributed by atoms with Gasteiger partial charge in [-0.2, -0.15) is 0 Å². The minimum absolute atomic E-state index is 0.0572. The number of benzene rings is 2.